The summed E-state index contributed by atoms with van der Waals surface area (Å²) in [6.07, 6.45) is 1.75. The predicted molar refractivity (Wildman–Crippen MR) is 85.0 cm³/mol. The van der Waals surface area contributed by atoms with Crippen molar-refractivity contribution in [2.24, 2.45) is 5.73 Å². The van der Waals surface area contributed by atoms with E-state index in [1.54, 1.807) is 12.1 Å². The minimum atomic E-state index is -0.191. The highest BCUT2D eigenvalue weighted by Crippen LogP contribution is 2.18. The molecule has 0 aliphatic heterocycles. The smallest absolute Gasteiger partial charge is 0.258 e. The third-order valence-electron chi connectivity index (χ3n) is 3.51. The van der Waals surface area contributed by atoms with Gasteiger partial charge in [-0.2, -0.15) is 0 Å². The molecule has 1 amide bonds. The average molecular weight is 294 g/mol. The lowest BCUT2D eigenvalue weighted by atomic mass is 9.96. The summed E-state index contributed by atoms with van der Waals surface area (Å²) in [5.74, 6) is 0.388. The predicted octanol–water partition coefficient (Wildman–Crippen LogP) is 2.39. The number of rotatable bonds is 7. The van der Waals surface area contributed by atoms with E-state index in [1.165, 1.54) is 0 Å². The molecule has 1 rings (SSSR count). The molecule has 5 heteroatoms. The molecule has 0 aliphatic rings. The van der Waals surface area contributed by atoms with Gasteiger partial charge >= 0.3 is 0 Å². The van der Waals surface area contributed by atoms with Crippen LogP contribution < -0.4 is 15.8 Å². The highest BCUT2D eigenvalue weighted by Gasteiger charge is 2.22. The van der Waals surface area contributed by atoms with Gasteiger partial charge < -0.3 is 15.8 Å². The number of nitrogens with one attached hydrogen (secondary N) is 1. The van der Waals surface area contributed by atoms with E-state index < -0.39 is 0 Å². The molecule has 1 aromatic rings. The third-order valence-corrected chi connectivity index (χ3v) is 3.73. The summed E-state index contributed by atoms with van der Waals surface area (Å²) in [6.45, 7) is 6.07. The molecular weight excluding hydrogens is 272 g/mol. The minimum Gasteiger partial charge on any atom is -0.483 e. The first-order valence-corrected chi connectivity index (χ1v) is 7.15. The molecule has 4 nitrogen and oxygen atoms in total. The Labute approximate surface area is 125 Å². The summed E-state index contributed by atoms with van der Waals surface area (Å²) in [6, 6.07) is 7.17. The van der Waals surface area contributed by atoms with Gasteiger partial charge in [0.2, 0.25) is 0 Å². The highest BCUT2D eigenvalue weighted by molar-refractivity contribution is 7.80. The van der Waals surface area contributed by atoms with Crippen LogP contribution in [0.25, 0.3) is 0 Å². The number of nitrogens with two attached hydrogens (primary N) is 1. The Hall–Kier alpha value is -1.62. The van der Waals surface area contributed by atoms with Crippen LogP contribution in [0.15, 0.2) is 24.3 Å². The van der Waals surface area contributed by atoms with Crippen molar-refractivity contribution in [3.8, 4) is 5.75 Å². The zero-order valence-electron chi connectivity index (χ0n) is 12.2. The lowest BCUT2D eigenvalue weighted by molar-refractivity contribution is -0.125. The van der Waals surface area contributed by atoms with Gasteiger partial charge in [0, 0.05) is 5.54 Å². The SMILES string of the molecule is CCC(C)(CC)NC(=O)COc1ccccc1C(N)=S. The topological polar surface area (TPSA) is 64.3 Å². The van der Waals surface area contributed by atoms with Gasteiger partial charge in [0.15, 0.2) is 6.61 Å². The Kier molecular flexibility index (Phi) is 5.95. The van der Waals surface area contributed by atoms with Crippen LogP contribution >= 0.6 is 12.2 Å². The Morgan fingerprint density at radius 3 is 2.50 bits per heavy atom. The first kappa shape index (κ1) is 16.4. The first-order chi connectivity index (χ1) is 9.41. The van der Waals surface area contributed by atoms with Crippen LogP contribution in [-0.2, 0) is 4.79 Å². The van der Waals surface area contributed by atoms with E-state index >= 15 is 0 Å². The summed E-state index contributed by atoms with van der Waals surface area (Å²) in [5, 5.41) is 2.98. The maximum atomic E-state index is 11.9. The van der Waals surface area contributed by atoms with Crippen LogP contribution in [-0.4, -0.2) is 23.0 Å². The summed E-state index contributed by atoms with van der Waals surface area (Å²) in [4.78, 5) is 12.2. The number of amides is 1. The average Bonchev–Trinajstić information content (AvgIpc) is 2.45. The second-order valence-corrected chi connectivity index (χ2v) is 5.40. The fourth-order valence-corrected chi connectivity index (χ4v) is 1.91. The number of benzene rings is 1. The fourth-order valence-electron chi connectivity index (χ4n) is 1.74. The molecule has 0 aromatic heterocycles. The van der Waals surface area contributed by atoms with Crippen LogP contribution in [0.5, 0.6) is 5.75 Å². The fraction of sp³-hybridized carbons (Fsp3) is 0.467. The van der Waals surface area contributed by atoms with E-state index in [-0.39, 0.29) is 23.0 Å². The van der Waals surface area contributed by atoms with Crippen molar-refractivity contribution in [1.82, 2.24) is 5.32 Å². The maximum absolute atomic E-state index is 11.9. The van der Waals surface area contributed by atoms with Gasteiger partial charge in [-0.1, -0.05) is 38.2 Å². The Balaban J connectivity index is 2.64. The third kappa shape index (κ3) is 4.49. The van der Waals surface area contributed by atoms with Crippen molar-refractivity contribution in [3.05, 3.63) is 29.8 Å². The second kappa shape index (κ2) is 7.24. The zero-order valence-corrected chi connectivity index (χ0v) is 13.0. The molecule has 0 atom stereocenters. The van der Waals surface area contributed by atoms with E-state index in [1.807, 2.05) is 32.9 Å². The molecule has 0 saturated carbocycles. The minimum absolute atomic E-state index is 0.0464. The Morgan fingerprint density at radius 1 is 1.35 bits per heavy atom. The van der Waals surface area contributed by atoms with Crippen molar-refractivity contribution >= 4 is 23.1 Å². The second-order valence-electron chi connectivity index (χ2n) is 4.97. The summed E-state index contributed by atoms with van der Waals surface area (Å²) in [5.41, 5.74) is 6.07. The van der Waals surface area contributed by atoms with Gasteiger partial charge in [-0.15, -0.1) is 0 Å². The van der Waals surface area contributed by atoms with Crippen LogP contribution in [0.3, 0.4) is 0 Å². The van der Waals surface area contributed by atoms with Crippen LogP contribution in [0.2, 0.25) is 0 Å². The molecular formula is C15H22N2O2S. The monoisotopic (exact) mass is 294 g/mol. The summed E-state index contributed by atoms with van der Waals surface area (Å²) in [7, 11) is 0. The number of carbonyl (C=O) groups excluding carboxylic acids is 1. The molecule has 1 aromatic carbocycles. The molecule has 0 radical (unpaired) electrons. The molecule has 0 spiro atoms. The van der Waals surface area contributed by atoms with Crippen molar-refractivity contribution in [2.75, 3.05) is 6.61 Å². The largest absolute Gasteiger partial charge is 0.483 e. The molecule has 3 N–H and O–H groups in total. The van der Waals surface area contributed by atoms with Crippen molar-refractivity contribution < 1.29 is 9.53 Å². The molecule has 0 saturated heterocycles. The van der Waals surface area contributed by atoms with Crippen molar-refractivity contribution in [3.63, 3.8) is 0 Å². The molecule has 0 unspecified atom stereocenters. The van der Waals surface area contributed by atoms with E-state index in [2.05, 4.69) is 5.32 Å². The van der Waals surface area contributed by atoms with Crippen LogP contribution in [0.4, 0.5) is 0 Å². The molecule has 0 aliphatic carbocycles. The van der Waals surface area contributed by atoms with E-state index in [0.29, 0.717) is 11.3 Å². The molecule has 20 heavy (non-hydrogen) atoms. The molecule has 0 heterocycles. The number of thiocarbonyl (C=S) groups is 1. The molecule has 110 valence electrons. The lowest BCUT2D eigenvalue weighted by Crippen LogP contribution is -2.46. The van der Waals surface area contributed by atoms with Crippen molar-refractivity contribution in [1.29, 1.82) is 0 Å². The van der Waals surface area contributed by atoms with Crippen LogP contribution in [0.1, 0.15) is 39.2 Å². The van der Waals surface area contributed by atoms with Gasteiger partial charge in [-0.25, -0.2) is 0 Å². The van der Waals surface area contributed by atoms with Crippen molar-refractivity contribution in [2.45, 2.75) is 39.2 Å². The highest BCUT2D eigenvalue weighted by atomic mass is 32.1. The number of ether oxygens (including phenoxy) is 1. The number of hydrogen-bond donors (Lipinski definition) is 2. The lowest BCUT2D eigenvalue weighted by Gasteiger charge is -2.28. The van der Waals surface area contributed by atoms with Gasteiger partial charge in [0.1, 0.15) is 10.7 Å². The Bertz CT molecular complexity index is 485. The van der Waals surface area contributed by atoms with Gasteiger partial charge in [-0.05, 0) is 31.9 Å². The zero-order chi connectivity index (χ0) is 15.2. The van der Waals surface area contributed by atoms with E-state index in [0.717, 1.165) is 12.8 Å². The number of hydrogen-bond acceptors (Lipinski definition) is 3. The van der Waals surface area contributed by atoms with Gasteiger partial charge in [0.05, 0.1) is 5.56 Å². The summed E-state index contributed by atoms with van der Waals surface area (Å²) >= 11 is 4.95. The van der Waals surface area contributed by atoms with Gasteiger partial charge in [-0.3, -0.25) is 4.79 Å². The molecule has 0 bridgehead atoms. The summed E-state index contributed by atoms with van der Waals surface area (Å²) < 4.78 is 5.52. The Morgan fingerprint density at radius 2 is 1.95 bits per heavy atom. The number of para-hydroxylation sites is 1. The van der Waals surface area contributed by atoms with Gasteiger partial charge in [0.25, 0.3) is 5.91 Å². The van der Waals surface area contributed by atoms with Crippen LogP contribution in [0, 0.1) is 0 Å². The van der Waals surface area contributed by atoms with E-state index in [9.17, 15) is 4.79 Å². The quantitative estimate of drug-likeness (QED) is 0.758. The normalized spacial score (nSPS) is 10.9. The standard InChI is InChI=1S/C15H22N2O2S/c1-4-15(3,5-2)17-13(18)10-19-12-9-7-6-8-11(12)14(16)20/h6-9H,4-5,10H2,1-3H3,(H2,16,20)(H,17,18). The number of carbonyl (C=O) groups is 1. The maximum Gasteiger partial charge on any atom is 0.258 e. The molecule has 0 fully saturated rings. The first-order valence-electron chi connectivity index (χ1n) is 6.74. The van der Waals surface area contributed by atoms with E-state index in [4.69, 9.17) is 22.7 Å².